The second-order valence-electron chi connectivity index (χ2n) is 6.58. The van der Waals surface area contributed by atoms with Crippen molar-refractivity contribution in [3.63, 3.8) is 0 Å². The van der Waals surface area contributed by atoms with E-state index in [1.165, 1.54) is 5.56 Å². The van der Waals surface area contributed by atoms with E-state index in [0.29, 0.717) is 5.82 Å². The molecule has 5 nitrogen and oxygen atoms in total. The predicted molar refractivity (Wildman–Crippen MR) is 101 cm³/mol. The number of piperidine rings is 1. The molecule has 1 aromatic heterocycles. The highest BCUT2D eigenvalue weighted by molar-refractivity contribution is 5.71. The average Bonchev–Trinajstić information content (AvgIpc) is 2.63. The van der Waals surface area contributed by atoms with Crippen molar-refractivity contribution < 1.29 is 9.47 Å². The van der Waals surface area contributed by atoms with Crippen molar-refractivity contribution in [3.8, 4) is 22.8 Å². The summed E-state index contributed by atoms with van der Waals surface area (Å²) in [5.74, 6) is 2.18. The second kappa shape index (κ2) is 7.74. The van der Waals surface area contributed by atoms with E-state index in [0.717, 1.165) is 55.1 Å². The number of ether oxygens (including phenoxy) is 2. The van der Waals surface area contributed by atoms with Crippen LogP contribution in [0.5, 0.6) is 11.5 Å². The Morgan fingerprint density at radius 1 is 1.20 bits per heavy atom. The summed E-state index contributed by atoms with van der Waals surface area (Å²) in [7, 11) is 3.83. The minimum Gasteiger partial charge on any atom is -0.496 e. The quantitative estimate of drug-likeness (QED) is 0.903. The number of nitrogens with two attached hydrogens (primary N) is 1. The topological polar surface area (TPSA) is 60.6 Å². The third kappa shape index (κ3) is 4.04. The van der Waals surface area contributed by atoms with Crippen LogP contribution in [0.15, 0.2) is 30.3 Å². The minimum atomic E-state index is 0.266. The van der Waals surface area contributed by atoms with Gasteiger partial charge in [-0.1, -0.05) is 13.0 Å². The molecule has 0 atom stereocenters. The van der Waals surface area contributed by atoms with Gasteiger partial charge in [-0.25, -0.2) is 4.98 Å². The van der Waals surface area contributed by atoms with Crippen molar-refractivity contribution in [1.29, 1.82) is 0 Å². The number of pyridine rings is 1. The lowest BCUT2D eigenvalue weighted by Crippen LogP contribution is -2.35. The zero-order chi connectivity index (χ0) is 17.8. The van der Waals surface area contributed by atoms with E-state index >= 15 is 0 Å². The molecule has 3 rings (SSSR count). The first-order valence-electron chi connectivity index (χ1n) is 8.89. The van der Waals surface area contributed by atoms with Gasteiger partial charge in [0.15, 0.2) is 0 Å². The largest absolute Gasteiger partial charge is 0.496 e. The molecule has 1 aliphatic rings. The summed E-state index contributed by atoms with van der Waals surface area (Å²) in [5, 5.41) is 0. The molecule has 25 heavy (non-hydrogen) atoms. The highest BCUT2D eigenvalue weighted by Crippen LogP contribution is 2.37. The third-order valence-electron chi connectivity index (χ3n) is 4.77. The molecular formula is C20H27N3O2. The fourth-order valence-electron chi connectivity index (χ4n) is 3.24. The van der Waals surface area contributed by atoms with Crippen LogP contribution in [-0.4, -0.2) is 43.2 Å². The summed E-state index contributed by atoms with van der Waals surface area (Å²) in [6, 6.07) is 9.76. The van der Waals surface area contributed by atoms with E-state index in [1.807, 2.05) is 18.2 Å². The maximum absolute atomic E-state index is 6.33. The minimum absolute atomic E-state index is 0.266. The SMILES string of the molecule is CCc1cc(-c2cccc(N)n2)c(OC)cc1OC1CCN(C)CC1. The summed E-state index contributed by atoms with van der Waals surface area (Å²) in [6.07, 6.45) is 3.27. The van der Waals surface area contributed by atoms with Crippen LogP contribution in [0.2, 0.25) is 0 Å². The lowest BCUT2D eigenvalue weighted by molar-refractivity contribution is 0.113. The standard InChI is InChI=1S/C20H27N3O2/c1-4-14-12-16(17-6-5-7-20(21)22-17)19(24-3)13-18(14)25-15-8-10-23(2)11-9-15/h5-7,12-13,15H,4,8-11H2,1-3H3,(H2,21,22). The van der Waals surface area contributed by atoms with Crippen LogP contribution in [0.3, 0.4) is 0 Å². The lowest BCUT2D eigenvalue weighted by atomic mass is 10.0. The van der Waals surface area contributed by atoms with E-state index < -0.39 is 0 Å². The van der Waals surface area contributed by atoms with Gasteiger partial charge in [-0.2, -0.15) is 0 Å². The molecule has 0 unspecified atom stereocenters. The number of rotatable bonds is 5. The fourth-order valence-corrected chi connectivity index (χ4v) is 3.24. The average molecular weight is 341 g/mol. The third-order valence-corrected chi connectivity index (χ3v) is 4.77. The van der Waals surface area contributed by atoms with Gasteiger partial charge < -0.3 is 20.1 Å². The summed E-state index contributed by atoms with van der Waals surface area (Å²) in [6.45, 7) is 4.29. The number of aryl methyl sites for hydroxylation is 1. The molecule has 0 spiro atoms. The zero-order valence-corrected chi connectivity index (χ0v) is 15.3. The molecule has 1 aromatic carbocycles. The molecule has 2 heterocycles. The highest BCUT2D eigenvalue weighted by atomic mass is 16.5. The number of hydrogen-bond acceptors (Lipinski definition) is 5. The molecule has 0 bridgehead atoms. The number of likely N-dealkylation sites (tertiary alicyclic amines) is 1. The van der Waals surface area contributed by atoms with Crippen molar-refractivity contribution in [2.75, 3.05) is 33.0 Å². The molecule has 1 saturated heterocycles. The Bertz CT molecular complexity index is 725. The maximum Gasteiger partial charge on any atom is 0.131 e. The smallest absolute Gasteiger partial charge is 0.131 e. The van der Waals surface area contributed by atoms with Crippen LogP contribution in [-0.2, 0) is 6.42 Å². The van der Waals surface area contributed by atoms with Gasteiger partial charge in [0.1, 0.15) is 23.4 Å². The molecular weight excluding hydrogens is 314 g/mol. The first kappa shape index (κ1) is 17.5. The van der Waals surface area contributed by atoms with Gasteiger partial charge in [0.05, 0.1) is 12.8 Å². The Balaban J connectivity index is 1.92. The summed E-state index contributed by atoms with van der Waals surface area (Å²) in [5.41, 5.74) is 8.77. The first-order valence-corrected chi connectivity index (χ1v) is 8.89. The van der Waals surface area contributed by atoms with Crippen molar-refractivity contribution in [1.82, 2.24) is 9.88 Å². The molecule has 0 amide bonds. The van der Waals surface area contributed by atoms with Crippen LogP contribution < -0.4 is 15.2 Å². The summed E-state index contributed by atoms with van der Waals surface area (Å²) in [4.78, 5) is 6.78. The Kier molecular flexibility index (Phi) is 5.43. The van der Waals surface area contributed by atoms with E-state index in [-0.39, 0.29) is 6.10 Å². The molecule has 0 radical (unpaired) electrons. The lowest BCUT2D eigenvalue weighted by Gasteiger charge is -2.30. The Hall–Kier alpha value is -2.27. The van der Waals surface area contributed by atoms with Crippen LogP contribution >= 0.6 is 0 Å². The number of methoxy groups -OCH3 is 1. The number of aromatic nitrogens is 1. The molecule has 2 N–H and O–H groups in total. The monoisotopic (exact) mass is 341 g/mol. The number of nitrogen functional groups attached to an aromatic ring is 1. The summed E-state index contributed by atoms with van der Waals surface area (Å²) >= 11 is 0. The maximum atomic E-state index is 6.33. The van der Waals surface area contributed by atoms with E-state index in [1.54, 1.807) is 13.2 Å². The number of benzene rings is 1. The van der Waals surface area contributed by atoms with Crippen molar-refractivity contribution in [2.45, 2.75) is 32.3 Å². The second-order valence-corrected chi connectivity index (χ2v) is 6.58. The number of hydrogen-bond donors (Lipinski definition) is 1. The van der Waals surface area contributed by atoms with Crippen molar-refractivity contribution in [2.24, 2.45) is 0 Å². The van der Waals surface area contributed by atoms with Crippen LogP contribution in [0.4, 0.5) is 5.82 Å². The Morgan fingerprint density at radius 2 is 1.96 bits per heavy atom. The normalized spacial score (nSPS) is 16.0. The van der Waals surface area contributed by atoms with E-state index in [2.05, 4.69) is 29.9 Å². The Labute approximate surface area is 149 Å². The van der Waals surface area contributed by atoms with Crippen molar-refractivity contribution >= 4 is 5.82 Å². The van der Waals surface area contributed by atoms with E-state index in [9.17, 15) is 0 Å². The van der Waals surface area contributed by atoms with Gasteiger partial charge in [-0.15, -0.1) is 0 Å². The Morgan fingerprint density at radius 3 is 2.60 bits per heavy atom. The molecule has 2 aromatic rings. The molecule has 5 heteroatoms. The summed E-state index contributed by atoms with van der Waals surface area (Å²) < 4.78 is 11.9. The zero-order valence-electron chi connectivity index (χ0n) is 15.3. The van der Waals surface area contributed by atoms with Gasteiger partial charge in [0.2, 0.25) is 0 Å². The van der Waals surface area contributed by atoms with Gasteiger partial charge >= 0.3 is 0 Å². The molecule has 0 saturated carbocycles. The first-order chi connectivity index (χ1) is 12.1. The predicted octanol–water partition coefficient (Wildman–Crippen LogP) is 3.37. The number of anilines is 1. The van der Waals surface area contributed by atoms with Gasteiger partial charge in [0.25, 0.3) is 0 Å². The van der Waals surface area contributed by atoms with Gasteiger partial charge in [-0.05, 0) is 50.1 Å². The molecule has 1 fully saturated rings. The van der Waals surface area contributed by atoms with Crippen LogP contribution in [0.1, 0.15) is 25.3 Å². The molecule has 134 valence electrons. The highest BCUT2D eigenvalue weighted by Gasteiger charge is 2.20. The van der Waals surface area contributed by atoms with Crippen LogP contribution in [0.25, 0.3) is 11.3 Å². The molecule has 1 aliphatic heterocycles. The fraction of sp³-hybridized carbons (Fsp3) is 0.450. The van der Waals surface area contributed by atoms with Crippen molar-refractivity contribution in [3.05, 3.63) is 35.9 Å². The molecule has 0 aliphatic carbocycles. The van der Waals surface area contributed by atoms with Gasteiger partial charge in [0, 0.05) is 24.7 Å². The van der Waals surface area contributed by atoms with E-state index in [4.69, 9.17) is 15.2 Å². The number of nitrogens with zero attached hydrogens (tertiary/aromatic N) is 2. The van der Waals surface area contributed by atoms with Crippen LogP contribution in [0, 0.1) is 0 Å². The van der Waals surface area contributed by atoms with Gasteiger partial charge in [-0.3, -0.25) is 0 Å².